The molecule has 0 bridgehead atoms. The molecule has 164 valence electrons. The van der Waals surface area contributed by atoms with Gasteiger partial charge in [0.2, 0.25) is 5.91 Å². The summed E-state index contributed by atoms with van der Waals surface area (Å²) in [5.41, 5.74) is 1.97. The van der Waals surface area contributed by atoms with Crippen molar-refractivity contribution in [3.05, 3.63) is 82.8 Å². The molecule has 0 unspecified atom stereocenters. The van der Waals surface area contributed by atoms with Gasteiger partial charge in [0.15, 0.2) is 0 Å². The molecule has 31 heavy (non-hydrogen) atoms. The molecule has 6 nitrogen and oxygen atoms in total. The number of hydrogen-bond donors (Lipinski definition) is 0. The Kier molecular flexibility index (Phi) is 7.08. The molecular weight excluding hydrogens is 436 g/mol. The fourth-order valence-electron chi connectivity index (χ4n) is 3.37. The lowest BCUT2D eigenvalue weighted by Gasteiger charge is -2.28. The minimum Gasteiger partial charge on any atom is -0.467 e. The van der Waals surface area contributed by atoms with Crippen LogP contribution in [0.1, 0.15) is 30.7 Å². The van der Waals surface area contributed by atoms with Gasteiger partial charge in [-0.25, -0.2) is 8.42 Å². The Morgan fingerprint density at radius 1 is 1.06 bits per heavy atom. The summed E-state index contributed by atoms with van der Waals surface area (Å²) >= 11 is 6.23. The van der Waals surface area contributed by atoms with Gasteiger partial charge in [-0.15, -0.1) is 0 Å². The SMILES string of the molecule is CCN(c1ccc(Cl)cc1CN(Cc1ccco1)C(C)=O)S(=O)(=O)c1cccc(C)c1. The van der Waals surface area contributed by atoms with Gasteiger partial charge in [0, 0.05) is 25.0 Å². The average Bonchev–Trinajstić information content (AvgIpc) is 3.22. The molecule has 0 saturated heterocycles. The summed E-state index contributed by atoms with van der Waals surface area (Å²) in [6.45, 7) is 5.77. The molecule has 1 amide bonds. The van der Waals surface area contributed by atoms with E-state index in [4.69, 9.17) is 16.0 Å². The quantitative estimate of drug-likeness (QED) is 0.474. The van der Waals surface area contributed by atoms with Crippen molar-refractivity contribution < 1.29 is 17.6 Å². The minimum atomic E-state index is -3.80. The molecule has 0 spiro atoms. The zero-order chi connectivity index (χ0) is 22.6. The second kappa shape index (κ2) is 9.58. The third kappa shape index (κ3) is 5.29. The van der Waals surface area contributed by atoms with Crippen LogP contribution in [0, 0.1) is 6.92 Å². The van der Waals surface area contributed by atoms with Crippen LogP contribution in [0.4, 0.5) is 5.69 Å². The van der Waals surface area contributed by atoms with Crippen LogP contribution in [0.25, 0.3) is 0 Å². The molecule has 3 aromatic rings. The maximum atomic E-state index is 13.4. The van der Waals surface area contributed by atoms with Crippen molar-refractivity contribution in [2.24, 2.45) is 0 Å². The normalized spacial score (nSPS) is 11.4. The first-order chi connectivity index (χ1) is 14.7. The van der Waals surface area contributed by atoms with E-state index in [1.807, 2.05) is 13.0 Å². The van der Waals surface area contributed by atoms with Gasteiger partial charge in [-0.3, -0.25) is 9.10 Å². The highest BCUT2D eigenvalue weighted by Gasteiger charge is 2.26. The highest BCUT2D eigenvalue weighted by molar-refractivity contribution is 7.92. The first-order valence-electron chi connectivity index (χ1n) is 9.88. The number of amides is 1. The number of furan rings is 1. The first-order valence-corrected chi connectivity index (χ1v) is 11.7. The number of anilines is 1. The monoisotopic (exact) mass is 460 g/mol. The van der Waals surface area contributed by atoms with Gasteiger partial charge < -0.3 is 9.32 Å². The topological polar surface area (TPSA) is 70.8 Å². The smallest absolute Gasteiger partial charge is 0.264 e. The number of carbonyl (C=O) groups excluding carboxylic acids is 1. The molecule has 1 heterocycles. The van der Waals surface area contributed by atoms with Gasteiger partial charge in [-0.1, -0.05) is 23.7 Å². The van der Waals surface area contributed by atoms with Gasteiger partial charge in [-0.2, -0.15) is 0 Å². The molecule has 0 radical (unpaired) electrons. The second-order valence-electron chi connectivity index (χ2n) is 7.21. The largest absolute Gasteiger partial charge is 0.467 e. The van der Waals surface area contributed by atoms with Crippen LogP contribution in [0.2, 0.25) is 5.02 Å². The second-order valence-corrected chi connectivity index (χ2v) is 9.51. The van der Waals surface area contributed by atoms with Gasteiger partial charge in [-0.05, 0) is 67.4 Å². The summed E-state index contributed by atoms with van der Waals surface area (Å²) in [5, 5.41) is 0.462. The third-order valence-electron chi connectivity index (χ3n) is 4.91. The molecule has 0 atom stereocenters. The van der Waals surface area contributed by atoms with Crippen LogP contribution in [0.15, 0.2) is 70.2 Å². The standard InChI is InChI=1S/C23H25ClN2O4S/c1-4-26(31(28,29)22-9-5-7-17(2)13-22)23-11-10-20(24)14-19(23)15-25(18(3)27)16-21-8-6-12-30-21/h5-14H,4,15-16H2,1-3H3. The summed E-state index contributed by atoms with van der Waals surface area (Å²) in [6, 6.07) is 15.4. The number of hydrogen-bond acceptors (Lipinski definition) is 4. The van der Waals surface area contributed by atoms with Crippen molar-refractivity contribution in [2.75, 3.05) is 10.8 Å². The highest BCUT2D eigenvalue weighted by atomic mass is 35.5. The van der Waals surface area contributed by atoms with E-state index in [-0.39, 0.29) is 30.4 Å². The fraction of sp³-hybridized carbons (Fsp3) is 0.261. The number of aryl methyl sites for hydroxylation is 1. The first kappa shape index (κ1) is 22.9. The number of benzene rings is 2. The Morgan fingerprint density at radius 2 is 1.84 bits per heavy atom. The van der Waals surface area contributed by atoms with Crippen LogP contribution < -0.4 is 4.31 Å². The molecule has 0 fully saturated rings. The fourth-order valence-corrected chi connectivity index (χ4v) is 5.18. The number of rotatable bonds is 8. The van der Waals surface area contributed by atoms with Gasteiger partial charge in [0.05, 0.1) is 23.4 Å². The zero-order valence-electron chi connectivity index (χ0n) is 17.7. The van der Waals surface area contributed by atoms with Gasteiger partial charge in [0.25, 0.3) is 10.0 Å². The summed E-state index contributed by atoms with van der Waals surface area (Å²) in [6.07, 6.45) is 1.55. The van der Waals surface area contributed by atoms with E-state index in [0.717, 1.165) is 5.56 Å². The van der Waals surface area contributed by atoms with E-state index in [2.05, 4.69) is 0 Å². The Bertz CT molecular complexity index is 1160. The number of nitrogens with zero attached hydrogens (tertiary/aromatic N) is 2. The maximum Gasteiger partial charge on any atom is 0.264 e. The van der Waals surface area contributed by atoms with Crippen molar-refractivity contribution in [2.45, 2.75) is 38.8 Å². The molecule has 0 aliphatic rings. The van der Waals surface area contributed by atoms with Crippen LogP contribution >= 0.6 is 11.6 Å². The summed E-state index contributed by atoms with van der Waals surface area (Å²) in [5.74, 6) is 0.477. The van der Waals surface area contributed by atoms with Crippen LogP contribution in [0.3, 0.4) is 0 Å². The molecule has 1 aromatic heterocycles. The van der Waals surface area contributed by atoms with Crippen LogP contribution in [-0.2, 0) is 27.9 Å². The van der Waals surface area contributed by atoms with E-state index >= 15 is 0 Å². The lowest BCUT2D eigenvalue weighted by Crippen LogP contribution is -2.33. The Balaban J connectivity index is 2.01. The average molecular weight is 461 g/mol. The molecule has 2 aromatic carbocycles. The maximum absolute atomic E-state index is 13.4. The van der Waals surface area contributed by atoms with Crippen molar-refractivity contribution in [3.8, 4) is 0 Å². The van der Waals surface area contributed by atoms with Crippen molar-refractivity contribution >= 4 is 33.2 Å². The molecular formula is C23H25ClN2O4S. The van der Waals surface area contributed by atoms with Gasteiger partial charge in [0.1, 0.15) is 5.76 Å². The van der Waals surface area contributed by atoms with E-state index in [9.17, 15) is 13.2 Å². The molecule has 0 saturated carbocycles. The molecule has 0 aliphatic carbocycles. The van der Waals surface area contributed by atoms with E-state index in [1.54, 1.807) is 66.6 Å². The number of carbonyl (C=O) groups is 1. The van der Waals surface area contributed by atoms with Gasteiger partial charge >= 0.3 is 0 Å². The predicted molar refractivity (Wildman–Crippen MR) is 121 cm³/mol. The minimum absolute atomic E-state index is 0.160. The third-order valence-corrected chi connectivity index (χ3v) is 7.03. The van der Waals surface area contributed by atoms with E-state index in [1.165, 1.54) is 11.2 Å². The molecule has 8 heteroatoms. The van der Waals surface area contributed by atoms with Crippen LogP contribution in [-0.4, -0.2) is 25.8 Å². The number of halogens is 1. The zero-order valence-corrected chi connectivity index (χ0v) is 19.3. The lowest BCUT2D eigenvalue weighted by atomic mass is 10.1. The molecule has 0 N–H and O–H groups in total. The Morgan fingerprint density at radius 3 is 2.45 bits per heavy atom. The van der Waals surface area contributed by atoms with Crippen molar-refractivity contribution in [1.29, 1.82) is 0 Å². The molecule has 0 aliphatic heterocycles. The van der Waals surface area contributed by atoms with Crippen molar-refractivity contribution in [3.63, 3.8) is 0 Å². The van der Waals surface area contributed by atoms with Crippen molar-refractivity contribution in [1.82, 2.24) is 4.90 Å². The highest BCUT2D eigenvalue weighted by Crippen LogP contribution is 2.31. The van der Waals surface area contributed by atoms with E-state index in [0.29, 0.717) is 22.0 Å². The number of sulfonamides is 1. The summed E-state index contributed by atoms with van der Waals surface area (Å²) < 4.78 is 33.6. The Labute approximate surface area is 188 Å². The molecule has 3 rings (SSSR count). The van der Waals surface area contributed by atoms with E-state index < -0.39 is 10.0 Å². The summed E-state index contributed by atoms with van der Waals surface area (Å²) in [4.78, 5) is 14.1. The van der Waals surface area contributed by atoms with Crippen LogP contribution in [0.5, 0.6) is 0 Å². The Hall–Kier alpha value is -2.77. The predicted octanol–water partition coefficient (Wildman–Crippen LogP) is 5.01. The lowest BCUT2D eigenvalue weighted by molar-refractivity contribution is -0.130. The summed E-state index contributed by atoms with van der Waals surface area (Å²) in [7, 11) is -3.80.